The summed E-state index contributed by atoms with van der Waals surface area (Å²) < 4.78 is 18.7. The Kier molecular flexibility index (Phi) is 2.58. The van der Waals surface area contributed by atoms with Crippen LogP contribution in [0.25, 0.3) is 11.0 Å². The van der Waals surface area contributed by atoms with E-state index >= 15 is 0 Å². The first-order valence-corrected chi connectivity index (χ1v) is 5.35. The number of rotatable bonds is 2. The molecule has 86 valence electrons. The fraction of sp³-hybridized carbons (Fsp3) is 0.417. The molecule has 0 aliphatic carbocycles. The highest BCUT2D eigenvalue weighted by Gasteiger charge is 2.20. The lowest BCUT2D eigenvalue weighted by Gasteiger charge is -2.15. The second kappa shape index (κ2) is 3.77. The Balaban J connectivity index is 2.68. The third-order valence-electron chi connectivity index (χ3n) is 3.12. The third kappa shape index (κ3) is 1.54. The van der Waals surface area contributed by atoms with Crippen molar-refractivity contribution in [2.45, 2.75) is 26.7 Å². The van der Waals surface area contributed by atoms with Crippen LogP contribution in [0.3, 0.4) is 0 Å². The lowest BCUT2D eigenvalue weighted by molar-refractivity contribution is 0.449. The number of benzene rings is 1. The van der Waals surface area contributed by atoms with Gasteiger partial charge in [-0.25, -0.2) is 4.39 Å². The first-order chi connectivity index (χ1) is 7.52. The predicted molar refractivity (Wildman–Crippen MR) is 61.6 cm³/mol. The van der Waals surface area contributed by atoms with Gasteiger partial charge in [-0.1, -0.05) is 32.0 Å². The van der Waals surface area contributed by atoms with Crippen LogP contribution in [0.5, 0.6) is 0 Å². The van der Waals surface area contributed by atoms with E-state index in [1.54, 1.807) is 6.07 Å². The van der Waals surface area contributed by atoms with Crippen molar-refractivity contribution in [2.24, 2.45) is 5.92 Å². The van der Waals surface area contributed by atoms with Crippen molar-refractivity contribution < 1.29 is 8.91 Å². The summed E-state index contributed by atoms with van der Waals surface area (Å²) in [5, 5.41) is 3.92. The Morgan fingerprint density at radius 2 is 2.00 bits per heavy atom. The summed E-state index contributed by atoms with van der Waals surface area (Å²) in [7, 11) is 0. The van der Waals surface area contributed by atoms with E-state index < -0.39 is 0 Å². The number of halogens is 1. The molecule has 1 aromatic carbocycles. The molecule has 2 rings (SSSR count). The number of hydrogen-bond donors (Lipinski definition) is 1. The molecule has 1 unspecified atom stereocenters. The Labute approximate surface area is 93.4 Å². The van der Waals surface area contributed by atoms with Gasteiger partial charge < -0.3 is 10.3 Å². The first-order valence-electron chi connectivity index (χ1n) is 5.35. The van der Waals surface area contributed by atoms with Gasteiger partial charge in [-0.2, -0.15) is 0 Å². The number of anilines is 1. The van der Waals surface area contributed by atoms with Gasteiger partial charge in [0.2, 0.25) is 0 Å². The summed E-state index contributed by atoms with van der Waals surface area (Å²) in [4.78, 5) is 0. The zero-order valence-corrected chi connectivity index (χ0v) is 9.62. The fourth-order valence-corrected chi connectivity index (χ4v) is 1.77. The molecule has 0 aliphatic rings. The molecule has 0 spiro atoms. The summed E-state index contributed by atoms with van der Waals surface area (Å²) in [6.45, 7) is 6.30. The zero-order chi connectivity index (χ0) is 11.9. The Morgan fingerprint density at radius 3 is 2.62 bits per heavy atom. The fourth-order valence-electron chi connectivity index (χ4n) is 1.77. The topological polar surface area (TPSA) is 52.0 Å². The van der Waals surface area contributed by atoms with Gasteiger partial charge in [-0.3, -0.25) is 0 Å². The van der Waals surface area contributed by atoms with Crippen LogP contribution in [-0.2, 0) is 0 Å². The minimum atomic E-state index is -0.381. The Morgan fingerprint density at radius 1 is 1.31 bits per heavy atom. The highest BCUT2D eigenvalue weighted by atomic mass is 19.1. The maximum atomic E-state index is 13.5. The summed E-state index contributed by atoms with van der Waals surface area (Å²) in [5.74, 6) is 0.453. The highest BCUT2D eigenvalue weighted by molar-refractivity contribution is 5.90. The van der Waals surface area contributed by atoms with Gasteiger partial charge in [0.25, 0.3) is 0 Å². The van der Waals surface area contributed by atoms with Crippen molar-refractivity contribution in [3.8, 4) is 0 Å². The van der Waals surface area contributed by atoms with Crippen molar-refractivity contribution >= 4 is 16.8 Å². The van der Waals surface area contributed by atoms with E-state index in [1.807, 2.05) is 0 Å². The molecule has 0 fully saturated rings. The van der Waals surface area contributed by atoms with Gasteiger partial charge in [-0.15, -0.1) is 0 Å². The lowest BCUT2D eigenvalue weighted by Crippen LogP contribution is -2.02. The van der Waals surface area contributed by atoms with Crippen molar-refractivity contribution in [2.75, 3.05) is 5.73 Å². The van der Waals surface area contributed by atoms with E-state index in [-0.39, 0.29) is 17.6 Å². The number of hydrogen-bond acceptors (Lipinski definition) is 3. The number of nitrogens with zero attached hydrogens (tertiary/aromatic N) is 1. The van der Waals surface area contributed by atoms with Crippen molar-refractivity contribution in [1.82, 2.24) is 5.16 Å². The lowest BCUT2D eigenvalue weighted by atomic mass is 9.89. The van der Waals surface area contributed by atoms with E-state index in [1.165, 1.54) is 6.07 Å². The maximum absolute atomic E-state index is 13.5. The molecule has 0 saturated heterocycles. The molecule has 0 radical (unpaired) electrons. The SMILES string of the molecule is CC(C)C(C)c1ccc(F)c2c(N)noc12. The van der Waals surface area contributed by atoms with E-state index in [9.17, 15) is 4.39 Å². The number of fused-ring (bicyclic) bond motifs is 1. The monoisotopic (exact) mass is 222 g/mol. The molecule has 0 saturated carbocycles. The molecule has 2 aromatic rings. The quantitative estimate of drug-likeness (QED) is 0.848. The average molecular weight is 222 g/mol. The first kappa shape index (κ1) is 10.9. The van der Waals surface area contributed by atoms with Gasteiger partial charge in [0.05, 0.1) is 0 Å². The van der Waals surface area contributed by atoms with Crippen LogP contribution < -0.4 is 5.73 Å². The van der Waals surface area contributed by atoms with Gasteiger partial charge in [-0.05, 0) is 17.9 Å². The number of aromatic nitrogens is 1. The van der Waals surface area contributed by atoms with Gasteiger partial charge in [0, 0.05) is 5.56 Å². The number of nitrogens with two attached hydrogens (primary N) is 1. The van der Waals surface area contributed by atoms with E-state index in [2.05, 4.69) is 25.9 Å². The molecule has 0 bridgehead atoms. The molecule has 2 N–H and O–H groups in total. The zero-order valence-electron chi connectivity index (χ0n) is 9.62. The smallest absolute Gasteiger partial charge is 0.177 e. The largest absolute Gasteiger partial charge is 0.380 e. The van der Waals surface area contributed by atoms with Gasteiger partial charge in [0.15, 0.2) is 11.4 Å². The summed E-state index contributed by atoms with van der Waals surface area (Å²) in [6.07, 6.45) is 0. The summed E-state index contributed by atoms with van der Waals surface area (Å²) in [6, 6.07) is 3.16. The second-order valence-corrected chi connectivity index (χ2v) is 4.44. The molecule has 3 nitrogen and oxygen atoms in total. The van der Waals surface area contributed by atoms with Crippen LogP contribution in [0.1, 0.15) is 32.3 Å². The maximum Gasteiger partial charge on any atom is 0.177 e. The Hall–Kier alpha value is -1.58. The molecule has 16 heavy (non-hydrogen) atoms. The number of nitrogen functional groups attached to an aromatic ring is 1. The minimum absolute atomic E-state index is 0.116. The van der Waals surface area contributed by atoms with Crippen LogP contribution in [0.4, 0.5) is 10.2 Å². The molecule has 1 heterocycles. The van der Waals surface area contributed by atoms with Gasteiger partial charge >= 0.3 is 0 Å². The van der Waals surface area contributed by atoms with E-state index in [0.717, 1.165) is 5.56 Å². The molecular formula is C12H15FN2O. The molecule has 1 aromatic heterocycles. The van der Waals surface area contributed by atoms with E-state index in [0.29, 0.717) is 16.9 Å². The van der Waals surface area contributed by atoms with Crippen molar-refractivity contribution in [3.63, 3.8) is 0 Å². The summed E-state index contributed by atoms with van der Waals surface area (Å²) in [5.41, 5.74) is 7.00. The normalized spacial score (nSPS) is 13.6. The van der Waals surface area contributed by atoms with Crippen molar-refractivity contribution in [3.05, 3.63) is 23.5 Å². The van der Waals surface area contributed by atoms with E-state index in [4.69, 9.17) is 10.3 Å². The standard InChI is InChI=1S/C12H15FN2O/c1-6(2)7(3)8-4-5-9(13)10-11(8)16-15-12(10)14/h4-7H,1-3H3,(H2,14,15). The highest BCUT2D eigenvalue weighted by Crippen LogP contribution is 2.33. The van der Waals surface area contributed by atoms with Crippen LogP contribution >= 0.6 is 0 Å². The molecule has 0 amide bonds. The van der Waals surface area contributed by atoms with Crippen LogP contribution in [0.15, 0.2) is 16.7 Å². The molecule has 1 atom stereocenters. The second-order valence-electron chi connectivity index (χ2n) is 4.44. The van der Waals surface area contributed by atoms with Crippen molar-refractivity contribution in [1.29, 1.82) is 0 Å². The third-order valence-corrected chi connectivity index (χ3v) is 3.12. The molecular weight excluding hydrogens is 207 g/mol. The Bertz CT molecular complexity index is 519. The molecule has 0 aliphatic heterocycles. The van der Waals surface area contributed by atoms with Crippen LogP contribution in [0.2, 0.25) is 0 Å². The molecule has 4 heteroatoms. The van der Waals surface area contributed by atoms with Crippen LogP contribution in [-0.4, -0.2) is 5.16 Å². The predicted octanol–water partition coefficient (Wildman–Crippen LogP) is 3.31. The minimum Gasteiger partial charge on any atom is -0.380 e. The van der Waals surface area contributed by atoms with Gasteiger partial charge in [0.1, 0.15) is 11.2 Å². The van der Waals surface area contributed by atoms with Crippen LogP contribution in [0, 0.1) is 11.7 Å². The average Bonchev–Trinajstić information content (AvgIpc) is 2.61. The summed E-state index contributed by atoms with van der Waals surface area (Å²) >= 11 is 0.